The van der Waals surface area contributed by atoms with Gasteiger partial charge in [0.25, 0.3) is 10.0 Å². The van der Waals surface area contributed by atoms with Crippen LogP contribution < -0.4 is 23.8 Å². The van der Waals surface area contributed by atoms with Gasteiger partial charge in [-0.3, -0.25) is 13.9 Å². The first-order chi connectivity index (χ1) is 23.7. The topological polar surface area (TPSA) is 114 Å². The molecule has 0 unspecified atom stereocenters. The van der Waals surface area contributed by atoms with Crippen LogP contribution in [0.4, 0.5) is 5.69 Å². The Morgan fingerprint density at radius 1 is 0.820 bits per heavy atom. The third-order valence-corrected chi connectivity index (χ3v) is 10.1. The summed E-state index contributed by atoms with van der Waals surface area (Å²) in [6.07, 6.45) is 0.172. The first kappa shape index (κ1) is 38.5. The number of halogens is 2. The van der Waals surface area contributed by atoms with Crippen LogP contribution >= 0.6 is 27.5 Å². The average Bonchev–Trinajstić information content (AvgIpc) is 3.07. The Labute approximate surface area is 307 Å². The average molecular weight is 787 g/mol. The Morgan fingerprint density at radius 3 is 2.08 bits per heavy atom. The second-order valence-corrected chi connectivity index (χ2v) is 15.7. The zero-order valence-corrected chi connectivity index (χ0v) is 31.9. The molecule has 0 heterocycles. The summed E-state index contributed by atoms with van der Waals surface area (Å²) < 4.78 is 47.2. The second kappa shape index (κ2) is 16.6. The maximum absolute atomic E-state index is 14.8. The molecule has 50 heavy (non-hydrogen) atoms. The third-order valence-electron chi connectivity index (χ3n) is 7.64. The van der Waals surface area contributed by atoms with E-state index in [1.807, 2.05) is 75.4 Å². The minimum atomic E-state index is -4.50. The molecule has 0 saturated carbocycles. The van der Waals surface area contributed by atoms with Gasteiger partial charge in [-0.25, -0.2) is 8.42 Å². The van der Waals surface area contributed by atoms with Crippen molar-refractivity contribution in [3.63, 3.8) is 0 Å². The van der Waals surface area contributed by atoms with E-state index < -0.39 is 34.1 Å². The van der Waals surface area contributed by atoms with E-state index in [0.717, 1.165) is 19.9 Å². The zero-order chi connectivity index (χ0) is 36.6. The normalized spacial score (nSPS) is 12.1. The molecule has 0 spiro atoms. The molecule has 0 aromatic heterocycles. The van der Waals surface area contributed by atoms with Crippen molar-refractivity contribution in [2.45, 2.75) is 50.2 Å². The molecular formula is C37H41BrClN3O7S. The van der Waals surface area contributed by atoms with E-state index in [9.17, 15) is 18.0 Å². The number of hydrogen-bond acceptors (Lipinski definition) is 7. The lowest BCUT2D eigenvalue weighted by molar-refractivity contribution is -0.140. The zero-order valence-electron chi connectivity index (χ0n) is 28.8. The summed E-state index contributed by atoms with van der Waals surface area (Å²) in [4.78, 5) is 30.2. The molecule has 1 N–H and O–H groups in total. The number of rotatable bonds is 14. The molecule has 0 aliphatic carbocycles. The van der Waals surface area contributed by atoms with Crippen molar-refractivity contribution in [1.29, 1.82) is 0 Å². The van der Waals surface area contributed by atoms with Gasteiger partial charge in [0, 0.05) is 34.1 Å². The molecule has 4 aromatic carbocycles. The summed E-state index contributed by atoms with van der Waals surface area (Å²) in [7, 11) is -0.275. The predicted molar refractivity (Wildman–Crippen MR) is 199 cm³/mol. The van der Waals surface area contributed by atoms with Gasteiger partial charge in [0.2, 0.25) is 11.8 Å². The number of carbonyl (C=O) groups excluding carboxylic acids is 2. The summed E-state index contributed by atoms with van der Waals surface area (Å²) in [5.41, 5.74) is 0.959. The third kappa shape index (κ3) is 9.70. The number of amides is 2. The van der Waals surface area contributed by atoms with Crippen LogP contribution in [-0.2, 0) is 32.6 Å². The molecule has 13 heteroatoms. The molecule has 4 rings (SSSR count). The van der Waals surface area contributed by atoms with E-state index in [0.29, 0.717) is 5.75 Å². The highest BCUT2D eigenvalue weighted by molar-refractivity contribution is 9.10. The predicted octanol–water partition coefficient (Wildman–Crippen LogP) is 6.88. The van der Waals surface area contributed by atoms with Gasteiger partial charge in [-0.2, -0.15) is 0 Å². The van der Waals surface area contributed by atoms with Crippen molar-refractivity contribution in [3.8, 4) is 17.2 Å². The first-order valence-electron chi connectivity index (χ1n) is 15.6. The van der Waals surface area contributed by atoms with E-state index in [4.69, 9.17) is 25.8 Å². The molecule has 266 valence electrons. The Bertz CT molecular complexity index is 1920. The number of nitrogens with one attached hydrogen (secondary N) is 1. The van der Waals surface area contributed by atoms with Gasteiger partial charge >= 0.3 is 0 Å². The summed E-state index contributed by atoms with van der Waals surface area (Å²) in [5, 5.41) is 3.25. The lowest BCUT2D eigenvalue weighted by atomic mass is 10.0. The fourth-order valence-corrected chi connectivity index (χ4v) is 7.36. The van der Waals surface area contributed by atoms with E-state index in [1.165, 1.54) is 56.6 Å². The van der Waals surface area contributed by atoms with Crippen molar-refractivity contribution in [2.75, 3.05) is 32.2 Å². The van der Waals surface area contributed by atoms with E-state index in [1.54, 1.807) is 6.07 Å². The lowest BCUT2D eigenvalue weighted by Gasteiger charge is -2.35. The van der Waals surface area contributed by atoms with Gasteiger partial charge in [-0.15, -0.1) is 0 Å². The van der Waals surface area contributed by atoms with Crippen LogP contribution in [0.1, 0.15) is 31.9 Å². The molecule has 0 fully saturated rings. The van der Waals surface area contributed by atoms with Crippen molar-refractivity contribution < 1.29 is 32.2 Å². The molecule has 0 saturated heterocycles. The molecule has 10 nitrogen and oxygen atoms in total. The number of anilines is 1. The van der Waals surface area contributed by atoms with Crippen molar-refractivity contribution in [2.24, 2.45) is 0 Å². The van der Waals surface area contributed by atoms with Gasteiger partial charge in [0.15, 0.2) is 11.5 Å². The maximum Gasteiger partial charge on any atom is 0.265 e. The summed E-state index contributed by atoms with van der Waals surface area (Å²) >= 11 is 9.90. The molecule has 1 atom stereocenters. The van der Waals surface area contributed by atoms with E-state index >= 15 is 0 Å². The summed E-state index contributed by atoms with van der Waals surface area (Å²) in [5.74, 6) is -0.365. The number of methoxy groups -OCH3 is 3. The summed E-state index contributed by atoms with van der Waals surface area (Å²) in [6.45, 7) is 4.87. The molecule has 0 aliphatic heterocycles. The highest BCUT2D eigenvalue weighted by Gasteiger charge is 2.37. The van der Waals surface area contributed by atoms with E-state index in [-0.39, 0.29) is 46.0 Å². The number of benzene rings is 4. The van der Waals surface area contributed by atoms with Crippen LogP contribution in [0, 0.1) is 0 Å². The van der Waals surface area contributed by atoms with Crippen LogP contribution in [0.15, 0.2) is 100 Å². The van der Waals surface area contributed by atoms with Crippen LogP contribution in [0.3, 0.4) is 0 Å². The molecule has 0 bridgehead atoms. The van der Waals surface area contributed by atoms with Crippen LogP contribution in [0.5, 0.6) is 17.2 Å². The summed E-state index contributed by atoms with van der Waals surface area (Å²) in [6, 6.07) is 24.3. The second-order valence-electron chi connectivity index (χ2n) is 12.4. The van der Waals surface area contributed by atoms with Crippen LogP contribution in [0.2, 0.25) is 5.02 Å². The number of hydrogen-bond donors (Lipinski definition) is 1. The number of nitrogens with zero attached hydrogens (tertiary/aromatic N) is 2. The molecule has 2 amide bonds. The number of sulfonamides is 1. The maximum atomic E-state index is 14.8. The van der Waals surface area contributed by atoms with Gasteiger partial charge in [0.05, 0.1) is 31.9 Å². The first-order valence-corrected chi connectivity index (χ1v) is 18.3. The van der Waals surface area contributed by atoms with Crippen LogP contribution in [0.25, 0.3) is 0 Å². The SMILES string of the molecule is COc1ccc(S(=O)(=O)N(CC(=O)N(Cc2cccc(Br)c2)[C@@H](Cc2ccccc2)C(=O)NC(C)(C)C)c2cc(Cl)ccc2OC)cc1OC. The van der Waals surface area contributed by atoms with E-state index in [2.05, 4.69) is 21.2 Å². The fraction of sp³-hybridized carbons (Fsp3) is 0.297. The number of carbonyl (C=O) groups is 2. The Kier molecular flexibility index (Phi) is 12.8. The Balaban J connectivity index is 1.90. The lowest BCUT2D eigenvalue weighted by Crippen LogP contribution is -2.56. The highest BCUT2D eigenvalue weighted by Crippen LogP contribution is 2.37. The standard InChI is InChI=1S/C37H41BrClN3O7S/c1-37(2,3)40-36(44)31(20-25-11-8-7-9-12-25)41(23-26-13-10-14-27(38)19-26)35(43)24-42(30-21-28(39)15-17-32(30)47-4)50(45,46)29-16-18-33(48-5)34(22-29)49-6/h7-19,21-22,31H,20,23-24H2,1-6H3,(H,40,44)/t31-/m0/s1. The molecule has 4 aromatic rings. The van der Waals surface area contributed by atoms with Crippen molar-refractivity contribution >= 4 is 55.1 Å². The minimum absolute atomic E-state index is 0.00423. The quantitative estimate of drug-likeness (QED) is 0.148. The smallest absolute Gasteiger partial charge is 0.265 e. The van der Waals surface area contributed by atoms with Crippen molar-refractivity contribution in [3.05, 3.63) is 112 Å². The monoisotopic (exact) mass is 785 g/mol. The van der Waals surface area contributed by atoms with Gasteiger partial charge in [-0.1, -0.05) is 70.0 Å². The van der Waals surface area contributed by atoms with Gasteiger partial charge < -0.3 is 24.4 Å². The molecule has 0 aliphatic rings. The van der Waals surface area contributed by atoms with Gasteiger partial charge in [0.1, 0.15) is 18.3 Å². The Morgan fingerprint density at radius 2 is 1.46 bits per heavy atom. The molecular weight excluding hydrogens is 746 g/mol. The highest BCUT2D eigenvalue weighted by atomic mass is 79.9. The fourth-order valence-electron chi connectivity index (χ4n) is 5.31. The molecule has 0 radical (unpaired) electrons. The van der Waals surface area contributed by atoms with Crippen molar-refractivity contribution in [1.82, 2.24) is 10.2 Å². The largest absolute Gasteiger partial charge is 0.495 e. The minimum Gasteiger partial charge on any atom is -0.495 e. The van der Waals surface area contributed by atoms with Gasteiger partial charge in [-0.05, 0) is 74.4 Å². The number of ether oxygens (including phenoxy) is 3. The van der Waals surface area contributed by atoms with Crippen LogP contribution in [-0.4, -0.2) is 64.6 Å². The Hall–Kier alpha value is -4.26.